The fraction of sp³-hybridized carbons (Fsp3) is 0. The van der Waals surface area contributed by atoms with E-state index in [9.17, 15) is 17.2 Å². The molecule has 0 aliphatic heterocycles. The van der Waals surface area contributed by atoms with Crippen molar-refractivity contribution in [1.29, 1.82) is 0 Å². The summed E-state index contributed by atoms with van der Waals surface area (Å²) in [5.41, 5.74) is 4.68. The minimum atomic E-state index is -4.13. The molecule has 0 aliphatic rings. The molecule has 0 atom stereocenters. The van der Waals surface area contributed by atoms with E-state index in [1.165, 1.54) is 0 Å². The van der Waals surface area contributed by atoms with E-state index < -0.39 is 31.3 Å². The van der Waals surface area contributed by atoms with Crippen LogP contribution >= 0.6 is 10.7 Å². The molecule has 0 saturated carbocycles. The average molecular weight is 228 g/mol. The number of anilines is 1. The van der Waals surface area contributed by atoms with Gasteiger partial charge >= 0.3 is 0 Å². The first-order valence-electron chi connectivity index (χ1n) is 3.01. The van der Waals surface area contributed by atoms with Gasteiger partial charge in [-0.1, -0.05) is 0 Å². The van der Waals surface area contributed by atoms with Crippen molar-refractivity contribution in [2.75, 3.05) is 5.73 Å². The van der Waals surface area contributed by atoms with Gasteiger partial charge in [-0.15, -0.1) is 0 Å². The number of nitrogens with two attached hydrogens (primary N) is 1. The number of nitrogen functional groups attached to an aromatic ring is 1. The fourth-order valence-corrected chi connectivity index (χ4v) is 1.74. The summed E-state index contributed by atoms with van der Waals surface area (Å²) in [6, 6.07) is 0.998. The lowest BCUT2D eigenvalue weighted by molar-refractivity contribution is 0.505. The smallest absolute Gasteiger partial charge is 0.263 e. The molecule has 0 spiro atoms. The molecule has 0 bridgehead atoms. The molecule has 0 unspecified atom stereocenters. The van der Waals surface area contributed by atoms with Crippen molar-refractivity contribution in [2.24, 2.45) is 0 Å². The Labute approximate surface area is 77.5 Å². The zero-order chi connectivity index (χ0) is 10.2. The summed E-state index contributed by atoms with van der Waals surface area (Å²) in [5, 5.41) is 0. The molecule has 13 heavy (non-hydrogen) atoms. The van der Waals surface area contributed by atoms with Crippen LogP contribution in [0.15, 0.2) is 17.0 Å². The van der Waals surface area contributed by atoms with Crippen molar-refractivity contribution in [3.05, 3.63) is 23.8 Å². The second kappa shape index (κ2) is 3.12. The molecule has 0 heterocycles. The number of hydrogen-bond acceptors (Lipinski definition) is 3. The van der Waals surface area contributed by atoms with Crippen LogP contribution in [0.25, 0.3) is 0 Å². The maximum Gasteiger partial charge on any atom is 0.263 e. The van der Waals surface area contributed by atoms with Crippen LogP contribution in [-0.4, -0.2) is 8.42 Å². The molecule has 0 amide bonds. The van der Waals surface area contributed by atoms with Crippen LogP contribution in [0, 0.1) is 11.6 Å². The molecule has 0 fully saturated rings. The quantitative estimate of drug-likeness (QED) is 0.584. The summed E-state index contributed by atoms with van der Waals surface area (Å²) < 4.78 is 46.4. The molecule has 0 aliphatic carbocycles. The van der Waals surface area contributed by atoms with E-state index in [2.05, 4.69) is 0 Å². The van der Waals surface area contributed by atoms with Crippen molar-refractivity contribution < 1.29 is 17.2 Å². The van der Waals surface area contributed by atoms with Gasteiger partial charge in [-0.3, -0.25) is 0 Å². The van der Waals surface area contributed by atoms with E-state index in [-0.39, 0.29) is 0 Å². The molecular formula is C6H4ClF2NO2S. The molecular weight excluding hydrogens is 224 g/mol. The second-order valence-electron chi connectivity index (χ2n) is 2.24. The third kappa shape index (κ3) is 2.07. The van der Waals surface area contributed by atoms with Crippen molar-refractivity contribution >= 4 is 25.4 Å². The molecule has 0 saturated heterocycles. The number of rotatable bonds is 1. The Morgan fingerprint density at radius 2 is 1.69 bits per heavy atom. The average Bonchev–Trinajstić information content (AvgIpc) is 1.94. The minimum Gasteiger partial charge on any atom is -0.398 e. The minimum absolute atomic E-state index is 0.422. The Hall–Kier alpha value is -0.880. The van der Waals surface area contributed by atoms with Crippen LogP contribution in [0.5, 0.6) is 0 Å². The normalized spacial score (nSPS) is 11.6. The number of hydrogen-bond donors (Lipinski definition) is 1. The van der Waals surface area contributed by atoms with Crippen LogP contribution in [0.1, 0.15) is 0 Å². The zero-order valence-electron chi connectivity index (χ0n) is 6.09. The Balaban J connectivity index is 3.50. The molecule has 7 heteroatoms. The summed E-state index contributed by atoms with van der Waals surface area (Å²) >= 11 is 0. The summed E-state index contributed by atoms with van der Waals surface area (Å²) in [7, 11) is 0.759. The van der Waals surface area contributed by atoms with E-state index in [4.69, 9.17) is 16.4 Å². The van der Waals surface area contributed by atoms with Gasteiger partial charge in [-0.2, -0.15) is 0 Å². The Kier molecular flexibility index (Phi) is 2.44. The summed E-state index contributed by atoms with van der Waals surface area (Å²) in [6.45, 7) is 0. The van der Waals surface area contributed by atoms with Gasteiger partial charge in [0.05, 0.1) is 5.69 Å². The maximum atomic E-state index is 12.5. The highest BCUT2D eigenvalue weighted by molar-refractivity contribution is 8.13. The Morgan fingerprint density at radius 3 is 2.15 bits per heavy atom. The lowest BCUT2D eigenvalue weighted by atomic mass is 10.3. The highest BCUT2D eigenvalue weighted by atomic mass is 35.7. The van der Waals surface area contributed by atoms with Crippen LogP contribution in [-0.2, 0) is 9.05 Å². The van der Waals surface area contributed by atoms with Gasteiger partial charge in [0.2, 0.25) is 0 Å². The van der Waals surface area contributed by atoms with Crippen LogP contribution in [0.3, 0.4) is 0 Å². The predicted molar refractivity (Wildman–Crippen MR) is 43.8 cm³/mol. The van der Waals surface area contributed by atoms with E-state index in [1.54, 1.807) is 0 Å². The maximum absolute atomic E-state index is 12.5. The van der Waals surface area contributed by atoms with Crippen molar-refractivity contribution in [1.82, 2.24) is 0 Å². The highest BCUT2D eigenvalue weighted by Crippen LogP contribution is 2.24. The third-order valence-electron chi connectivity index (χ3n) is 1.32. The van der Waals surface area contributed by atoms with Crippen molar-refractivity contribution in [2.45, 2.75) is 4.90 Å². The monoisotopic (exact) mass is 227 g/mol. The predicted octanol–water partition coefficient (Wildman–Crippen LogP) is 1.47. The Morgan fingerprint density at radius 1 is 1.23 bits per heavy atom. The van der Waals surface area contributed by atoms with Gasteiger partial charge in [0.15, 0.2) is 11.6 Å². The van der Waals surface area contributed by atoms with Gasteiger partial charge in [-0.05, 0) is 6.07 Å². The first-order chi connectivity index (χ1) is 5.82. The zero-order valence-corrected chi connectivity index (χ0v) is 7.66. The van der Waals surface area contributed by atoms with Gasteiger partial charge in [0.1, 0.15) is 4.90 Å². The van der Waals surface area contributed by atoms with E-state index >= 15 is 0 Å². The topological polar surface area (TPSA) is 60.2 Å². The highest BCUT2D eigenvalue weighted by Gasteiger charge is 2.17. The standard InChI is InChI=1S/C6H4ClF2NO2S/c7-13(11,12)6-2-4(9)3(8)1-5(6)10/h1-2H,10H2. The molecule has 1 aromatic rings. The lowest BCUT2D eigenvalue weighted by Gasteiger charge is -2.01. The van der Waals surface area contributed by atoms with Gasteiger partial charge in [0.25, 0.3) is 9.05 Å². The van der Waals surface area contributed by atoms with Gasteiger partial charge in [-0.25, -0.2) is 17.2 Å². The van der Waals surface area contributed by atoms with E-state index in [0.717, 1.165) is 0 Å². The van der Waals surface area contributed by atoms with Crippen LogP contribution < -0.4 is 5.73 Å². The molecule has 1 rings (SSSR count). The molecule has 72 valence electrons. The van der Waals surface area contributed by atoms with E-state index in [0.29, 0.717) is 12.1 Å². The Bertz CT molecular complexity index is 446. The SMILES string of the molecule is Nc1cc(F)c(F)cc1S(=O)(=O)Cl. The largest absolute Gasteiger partial charge is 0.398 e. The second-order valence-corrected chi connectivity index (χ2v) is 4.78. The summed E-state index contributed by atoms with van der Waals surface area (Å²) in [4.78, 5) is -0.631. The summed E-state index contributed by atoms with van der Waals surface area (Å²) in [5.74, 6) is -2.53. The molecule has 0 radical (unpaired) electrons. The number of benzene rings is 1. The lowest BCUT2D eigenvalue weighted by Crippen LogP contribution is -2.00. The van der Waals surface area contributed by atoms with Crippen molar-refractivity contribution in [3.8, 4) is 0 Å². The first kappa shape index (κ1) is 10.2. The molecule has 2 N–H and O–H groups in total. The van der Waals surface area contributed by atoms with E-state index in [1.807, 2.05) is 0 Å². The van der Waals surface area contributed by atoms with Crippen LogP contribution in [0.4, 0.5) is 14.5 Å². The number of halogens is 3. The first-order valence-corrected chi connectivity index (χ1v) is 5.32. The fourth-order valence-electron chi connectivity index (χ4n) is 0.755. The van der Waals surface area contributed by atoms with Crippen LogP contribution in [0.2, 0.25) is 0 Å². The molecule has 1 aromatic carbocycles. The van der Waals surface area contributed by atoms with Crippen molar-refractivity contribution in [3.63, 3.8) is 0 Å². The van der Waals surface area contributed by atoms with Gasteiger partial charge in [0, 0.05) is 16.7 Å². The third-order valence-corrected chi connectivity index (χ3v) is 2.69. The van der Waals surface area contributed by atoms with Gasteiger partial charge < -0.3 is 5.73 Å². The summed E-state index contributed by atoms with van der Waals surface area (Å²) in [6.07, 6.45) is 0. The molecule has 0 aromatic heterocycles. The molecule has 3 nitrogen and oxygen atoms in total.